The summed E-state index contributed by atoms with van der Waals surface area (Å²) in [5.41, 5.74) is 0.301. The molecule has 0 bridgehead atoms. The van der Waals surface area contributed by atoms with Gasteiger partial charge in [0.15, 0.2) is 0 Å². The predicted molar refractivity (Wildman–Crippen MR) is 103 cm³/mol. The van der Waals surface area contributed by atoms with Gasteiger partial charge in [0.2, 0.25) is 11.8 Å². The Balaban J connectivity index is 2.00. The van der Waals surface area contributed by atoms with E-state index in [0.29, 0.717) is 36.3 Å². The lowest BCUT2D eigenvalue weighted by atomic mass is 10.1. The Hall–Kier alpha value is -2.94. The normalized spacial score (nSPS) is 17.9. The summed E-state index contributed by atoms with van der Waals surface area (Å²) < 4.78 is 0. The van der Waals surface area contributed by atoms with Gasteiger partial charge in [-0.15, -0.1) is 0 Å². The van der Waals surface area contributed by atoms with E-state index in [1.807, 2.05) is 0 Å². The summed E-state index contributed by atoms with van der Waals surface area (Å²) in [4.78, 5) is 60.6. The molecule has 0 spiro atoms. The zero-order chi connectivity index (χ0) is 21.6. The molecule has 1 fully saturated rings. The van der Waals surface area contributed by atoms with Crippen molar-refractivity contribution in [1.29, 1.82) is 0 Å². The number of halogens is 1. The van der Waals surface area contributed by atoms with Gasteiger partial charge >= 0.3 is 5.97 Å². The number of carbonyl (C=O) groups excluding carboxylic acids is 4. The molecule has 1 aromatic rings. The molecule has 1 aromatic carbocycles. The van der Waals surface area contributed by atoms with Crippen molar-refractivity contribution in [1.82, 2.24) is 15.5 Å². The third-order valence-electron chi connectivity index (χ3n) is 4.53. The summed E-state index contributed by atoms with van der Waals surface area (Å²) in [6, 6.07) is 3.38. The Morgan fingerprint density at radius 1 is 1.31 bits per heavy atom. The Kier molecular flexibility index (Phi) is 7.72. The Labute approximate surface area is 172 Å². The minimum absolute atomic E-state index is 0.301. The van der Waals surface area contributed by atoms with Gasteiger partial charge in [-0.05, 0) is 38.0 Å². The highest BCUT2D eigenvalue weighted by Gasteiger charge is 2.37. The van der Waals surface area contributed by atoms with Crippen LogP contribution in [0.15, 0.2) is 24.3 Å². The van der Waals surface area contributed by atoms with Gasteiger partial charge in [0.05, 0.1) is 12.5 Å². The lowest BCUT2D eigenvalue weighted by Gasteiger charge is -2.27. The fourth-order valence-corrected chi connectivity index (χ4v) is 3.31. The molecule has 3 N–H and O–H groups in total. The van der Waals surface area contributed by atoms with Gasteiger partial charge in [-0.1, -0.05) is 17.7 Å². The highest BCUT2D eigenvalue weighted by molar-refractivity contribution is 6.31. The molecule has 1 aliphatic heterocycles. The number of amides is 3. The average molecular weight is 424 g/mol. The van der Waals surface area contributed by atoms with Crippen molar-refractivity contribution in [2.75, 3.05) is 6.54 Å². The molecule has 1 heterocycles. The van der Waals surface area contributed by atoms with Crippen LogP contribution in [0.2, 0.25) is 5.02 Å². The minimum atomic E-state index is -1.22. The van der Waals surface area contributed by atoms with E-state index in [1.54, 1.807) is 18.2 Å². The zero-order valence-electron chi connectivity index (χ0n) is 15.8. The van der Waals surface area contributed by atoms with Crippen LogP contribution < -0.4 is 10.6 Å². The third kappa shape index (κ3) is 6.02. The van der Waals surface area contributed by atoms with Crippen molar-refractivity contribution in [3.8, 4) is 0 Å². The lowest BCUT2D eigenvalue weighted by molar-refractivity contribution is -0.141. The van der Waals surface area contributed by atoms with Gasteiger partial charge in [0.25, 0.3) is 5.91 Å². The number of benzene rings is 1. The van der Waals surface area contributed by atoms with Crippen molar-refractivity contribution in [2.45, 2.75) is 44.3 Å². The number of nitrogens with one attached hydrogen (secondary N) is 2. The molecular formula is C19H22ClN3O6. The van der Waals surface area contributed by atoms with Crippen LogP contribution in [0.25, 0.3) is 0 Å². The van der Waals surface area contributed by atoms with Crippen LogP contribution in [0.5, 0.6) is 0 Å². The first-order valence-electron chi connectivity index (χ1n) is 9.07. The molecule has 3 atom stereocenters. The Morgan fingerprint density at radius 2 is 2.03 bits per heavy atom. The molecule has 0 unspecified atom stereocenters. The number of nitrogens with zero attached hydrogens (tertiary/aromatic N) is 1. The van der Waals surface area contributed by atoms with Crippen LogP contribution in [-0.4, -0.2) is 64.7 Å². The SMILES string of the molecule is C[C@H](NC(=O)c1cccc(Cl)c1)C(=O)N1CCC[C@H]1C(=O)N[C@H](C=O)CC(=O)O. The minimum Gasteiger partial charge on any atom is -0.481 e. The maximum Gasteiger partial charge on any atom is 0.305 e. The van der Waals surface area contributed by atoms with Crippen molar-refractivity contribution in [3.05, 3.63) is 34.9 Å². The molecule has 9 nitrogen and oxygen atoms in total. The number of carbonyl (C=O) groups is 5. The van der Waals surface area contributed by atoms with Crippen LogP contribution in [0.3, 0.4) is 0 Å². The van der Waals surface area contributed by atoms with E-state index in [0.717, 1.165) is 0 Å². The topological polar surface area (TPSA) is 133 Å². The van der Waals surface area contributed by atoms with Crippen LogP contribution >= 0.6 is 11.6 Å². The maximum atomic E-state index is 12.8. The zero-order valence-corrected chi connectivity index (χ0v) is 16.5. The van der Waals surface area contributed by atoms with Gasteiger partial charge in [-0.3, -0.25) is 19.2 Å². The molecule has 2 rings (SSSR count). The van der Waals surface area contributed by atoms with Gasteiger partial charge in [-0.25, -0.2) is 0 Å². The molecule has 0 aliphatic carbocycles. The summed E-state index contributed by atoms with van der Waals surface area (Å²) in [5, 5.41) is 14.1. The first-order valence-corrected chi connectivity index (χ1v) is 9.45. The predicted octanol–water partition coefficient (Wildman–Crippen LogP) is 0.608. The van der Waals surface area contributed by atoms with E-state index in [4.69, 9.17) is 16.7 Å². The van der Waals surface area contributed by atoms with Crippen molar-refractivity contribution < 1.29 is 29.1 Å². The fourth-order valence-electron chi connectivity index (χ4n) is 3.12. The number of aliphatic carboxylic acids is 1. The molecular weight excluding hydrogens is 402 g/mol. The summed E-state index contributed by atoms with van der Waals surface area (Å²) in [6.07, 6.45) is 0.762. The molecule has 156 valence electrons. The summed E-state index contributed by atoms with van der Waals surface area (Å²) in [6.45, 7) is 1.83. The number of carboxylic acids is 1. The molecule has 29 heavy (non-hydrogen) atoms. The standard InChI is InChI=1S/C19H22ClN3O6/c1-11(21-17(27)12-4-2-5-13(20)8-12)19(29)23-7-3-6-15(23)18(28)22-14(10-24)9-16(25)26/h2,4-5,8,10-11,14-15H,3,6-7,9H2,1H3,(H,21,27)(H,22,28)(H,25,26)/t11-,14-,15-/m0/s1. The second-order valence-corrected chi connectivity index (χ2v) is 7.18. The third-order valence-corrected chi connectivity index (χ3v) is 4.76. The quantitative estimate of drug-likeness (QED) is 0.524. The Bertz CT molecular complexity index is 815. The highest BCUT2D eigenvalue weighted by atomic mass is 35.5. The largest absolute Gasteiger partial charge is 0.481 e. The smallest absolute Gasteiger partial charge is 0.305 e. The van der Waals surface area contributed by atoms with Crippen LogP contribution in [0.4, 0.5) is 0 Å². The van der Waals surface area contributed by atoms with Crippen molar-refractivity contribution >= 4 is 41.6 Å². The van der Waals surface area contributed by atoms with Crippen LogP contribution in [-0.2, 0) is 19.2 Å². The molecule has 0 radical (unpaired) electrons. The molecule has 1 aliphatic rings. The van der Waals surface area contributed by atoms with E-state index in [-0.39, 0.29) is 0 Å². The van der Waals surface area contributed by atoms with E-state index >= 15 is 0 Å². The van der Waals surface area contributed by atoms with Crippen molar-refractivity contribution in [2.24, 2.45) is 0 Å². The molecule has 3 amide bonds. The lowest BCUT2D eigenvalue weighted by Crippen LogP contribution is -2.54. The number of carboxylic acid groups (broad SMARTS) is 1. The van der Waals surface area contributed by atoms with Gasteiger partial charge in [0, 0.05) is 17.1 Å². The monoisotopic (exact) mass is 423 g/mol. The number of rotatable bonds is 8. The van der Waals surface area contributed by atoms with Gasteiger partial charge in [-0.2, -0.15) is 0 Å². The number of aldehydes is 1. The molecule has 0 aromatic heterocycles. The number of likely N-dealkylation sites (tertiary alicyclic amines) is 1. The maximum absolute atomic E-state index is 12.8. The average Bonchev–Trinajstić information content (AvgIpc) is 3.16. The van der Waals surface area contributed by atoms with E-state index in [1.165, 1.54) is 17.9 Å². The number of hydrogen-bond donors (Lipinski definition) is 3. The second kappa shape index (κ2) is 10.0. The summed E-state index contributed by atoms with van der Waals surface area (Å²) in [5.74, 6) is -2.74. The summed E-state index contributed by atoms with van der Waals surface area (Å²) >= 11 is 5.87. The first-order chi connectivity index (χ1) is 13.7. The van der Waals surface area contributed by atoms with Crippen LogP contribution in [0.1, 0.15) is 36.5 Å². The van der Waals surface area contributed by atoms with E-state index < -0.39 is 48.2 Å². The van der Waals surface area contributed by atoms with Gasteiger partial charge < -0.3 is 25.4 Å². The van der Waals surface area contributed by atoms with Gasteiger partial charge in [0.1, 0.15) is 18.4 Å². The van der Waals surface area contributed by atoms with E-state index in [2.05, 4.69) is 10.6 Å². The van der Waals surface area contributed by atoms with Crippen molar-refractivity contribution in [3.63, 3.8) is 0 Å². The molecule has 1 saturated heterocycles. The highest BCUT2D eigenvalue weighted by Crippen LogP contribution is 2.19. The second-order valence-electron chi connectivity index (χ2n) is 6.74. The Morgan fingerprint density at radius 3 is 2.66 bits per heavy atom. The first kappa shape index (κ1) is 22.4. The number of hydrogen-bond acceptors (Lipinski definition) is 5. The van der Waals surface area contributed by atoms with Crippen LogP contribution in [0, 0.1) is 0 Å². The molecule has 10 heteroatoms. The summed E-state index contributed by atoms with van der Waals surface area (Å²) in [7, 11) is 0. The van der Waals surface area contributed by atoms with E-state index in [9.17, 15) is 24.0 Å². The fraction of sp³-hybridized carbons (Fsp3) is 0.421. The molecule has 0 saturated carbocycles.